The first kappa shape index (κ1) is 6.29. The summed E-state index contributed by atoms with van der Waals surface area (Å²) < 4.78 is 6.53. The molecule has 3 heteroatoms. The molecule has 0 fully saturated rings. The Kier molecular flexibility index (Phi) is 1.85. The summed E-state index contributed by atoms with van der Waals surface area (Å²) in [4.78, 5) is 4.00. The molecule has 1 heterocycles. The molecule has 0 saturated heterocycles. The average molecular weight is 125 g/mol. The van der Waals surface area contributed by atoms with Crippen molar-refractivity contribution in [2.45, 2.75) is 6.61 Å². The topological polar surface area (TPSA) is 27.1 Å². The monoisotopic (exact) mass is 125 g/mol. The molecule has 0 aliphatic carbocycles. The van der Waals surface area contributed by atoms with E-state index in [0.29, 0.717) is 6.61 Å². The van der Waals surface area contributed by atoms with Crippen molar-refractivity contribution in [2.24, 2.45) is 7.05 Å². The van der Waals surface area contributed by atoms with Gasteiger partial charge in [-0.25, -0.2) is 4.98 Å². The highest BCUT2D eigenvalue weighted by Crippen LogP contribution is 1.94. The zero-order valence-corrected chi connectivity index (χ0v) is 5.37. The molecule has 9 heavy (non-hydrogen) atoms. The molecule has 1 radical (unpaired) electrons. The molecular formula is C6H9N2O. The van der Waals surface area contributed by atoms with Crippen molar-refractivity contribution in [3.63, 3.8) is 0 Å². The molecule has 0 aromatic carbocycles. The van der Waals surface area contributed by atoms with E-state index >= 15 is 0 Å². The van der Waals surface area contributed by atoms with E-state index in [4.69, 9.17) is 0 Å². The molecule has 0 atom stereocenters. The van der Waals surface area contributed by atoms with E-state index in [-0.39, 0.29) is 0 Å². The lowest BCUT2D eigenvalue weighted by Crippen LogP contribution is -1.96. The van der Waals surface area contributed by atoms with E-state index in [1.165, 1.54) is 0 Å². The summed E-state index contributed by atoms with van der Waals surface area (Å²) in [5, 5.41) is 0. The van der Waals surface area contributed by atoms with E-state index in [1.54, 1.807) is 6.20 Å². The van der Waals surface area contributed by atoms with Crippen LogP contribution in [0.2, 0.25) is 0 Å². The number of imidazole rings is 1. The summed E-state index contributed by atoms with van der Waals surface area (Å²) in [6, 6.07) is 0. The Balaban J connectivity index is 2.69. The summed E-state index contributed by atoms with van der Waals surface area (Å²) >= 11 is 0. The minimum atomic E-state index is 0.476. The van der Waals surface area contributed by atoms with Crippen molar-refractivity contribution in [2.75, 3.05) is 0 Å². The predicted molar refractivity (Wildman–Crippen MR) is 33.4 cm³/mol. The maximum atomic E-state index is 4.63. The van der Waals surface area contributed by atoms with Crippen molar-refractivity contribution in [1.82, 2.24) is 9.55 Å². The largest absolute Gasteiger partial charge is 0.371 e. The fourth-order valence-corrected chi connectivity index (χ4v) is 0.627. The second-order valence-corrected chi connectivity index (χ2v) is 1.80. The maximum Gasteiger partial charge on any atom is 0.134 e. The maximum absolute atomic E-state index is 4.63. The van der Waals surface area contributed by atoms with Gasteiger partial charge in [0.2, 0.25) is 0 Å². The van der Waals surface area contributed by atoms with Crippen LogP contribution in [0.15, 0.2) is 12.4 Å². The van der Waals surface area contributed by atoms with Crippen LogP contribution in [0.5, 0.6) is 0 Å². The summed E-state index contributed by atoms with van der Waals surface area (Å²) in [7, 11) is 5.17. The van der Waals surface area contributed by atoms with Crippen LogP contribution in [0.1, 0.15) is 5.82 Å². The van der Waals surface area contributed by atoms with Crippen LogP contribution in [-0.2, 0) is 18.4 Å². The van der Waals surface area contributed by atoms with Crippen LogP contribution in [0, 0.1) is 7.11 Å². The van der Waals surface area contributed by atoms with Crippen LogP contribution in [0.4, 0.5) is 0 Å². The van der Waals surface area contributed by atoms with Gasteiger partial charge in [-0.05, 0) is 0 Å². The first-order valence-electron chi connectivity index (χ1n) is 2.68. The predicted octanol–water partition coefficient (Wildman–Crippen LogP) is 0.728. The number of aromatic nitrogens is 2. The second kappa shape index (κ2) is 2.64. The first-order valence-corrected chi connectivity index (χ1v) is 2.68. The third-order valence-electron chi connectivity index (χ3n) is 1.15. The number of nitrogens with zero attached hydrogens (tertiary/aromatic N) is 2. The lowest BCUT2D eigenvalue weighted by atomic mass is 10.6. The number of rotatable bonds is 2. The van der Waals surface area contributed by atoms with Gasteiger partial charge in [0.1, 0.15) is 12.4 Å². The van der Waals surface area contributed by atoms with Crippen molar-refractivity contribution >= 4 is 0 Å². The molecule has 0 saturated carbocycles. The van der Waals surface area contributed by atoms with Crippen molar-refractivity contribution in [1.29, 1.82) is 0 Å². The van der Waals surface area contributed by atoms with Gasteiger partial charge in [-0.15, -0.1) is 0 Å². The molecule has 1 rings (SSSR count). The van der Waals surface area contributed by atoms with Gasteiger partial charge in [0.25, 0.3) is 0 Å². The van der Waals surface area contributed by atoms with Gasteiger partial charge >= 0.3 is 0 Å². The highest BCUT2D eigenvalue weighted by Gasteiger charge is 1.94. The Morgan fingerprint density at radius 2 is 2.67 bits per heavy atom. The molecule has 3 nitrogen and oxygen atoms in total. The Bertz CT molecular complexity index is 183. The minimum Gasteiger partial charge on any atom is -0.371 e. The van der Waals surface area contributed by atoms with Crippen LogP contribution in [-0.4, -0.2) is 9.55 Å². The van der Waals surface area contributed by atoms with E-state index in [2.05, 4.69) is 16.8 Å². The fourth-order valence-electron chi connectivity index (χ4n) is 0.627. The van der Waals surface area contributed by atoms with E-state index < -0.39 is 0 Å². The van der Waals surface area contributed by atoms with Crippen molar-refractivity contribution < 1.29 is 4.74 Å². The Hall–Kier alpha value is -0.830. The molecular weight excluding hydrogens is 116 g/mol. The first-order chi connectivity index (χ1) is 4.34. The molecule has 0 aliphatic heterocycles. The van der Waals surface area contributed by atoms with E-state index in [0.717, 1.165) is 5.82 Å². The smallest absolute Gasteiger partial charge is 0.134 e. The lowest BCUT2D eigenvalue weighted by molar-refractivity contribution is 0.217. The van der Waals surface area contributed by atoms with Gasteiger partial charge in [0.05, 0.1) is 7.11 Å². The standard InChI is InChI=1S/C6H9N2O/c1-8-4-3-7-6(8)5-9-2/h3-4H,2,5H2,1H3. The summed E-state index contributed by atoms with van der Waals surface area (Å²) in [5.41, 5.74) is 0. The number of ether oxygens (including phenoxy) is 1. The zero-order valence-electron chi connectivity index (χ0n) is 5.37. The third-order valence-corrected chi connectivity index (χ3v) is 1.15. The van der Waals surface area contributed by atoms with Gasteiger partial charge in [0.15, 0.2) is 0 Å². The highest BCUT2D eigenvalue weighted by molar-refractivity contribution is 4.88. The van der Waals surface area contributed by atoms with Gasteiger partial charge in [0, 0.05) is 19.4 Å². The highest BCUT2D eigenvalue weighted by atomic mass is 16.5. The fraction of sp³-hybridized carbons (Fsp3) is 0.333. The molecule has 0 spiro atoms. The Morgan fingerprint density at radius 3 is 3.11 bits per heavy atom. The Labute approximate surface area is 54.3 Å². The number of aryl methyl sites for hydroxylation is 1. The van der Waals surface area contributed by atoms with Gasteiger partial charge < -0.3 is 9.30 Å². The molecule has 0 N–H and O–H groups in total. The van der Waals surface area contributed by atoms with Crippen LogP contribution < -0.4 is 0 Å². The van der Waals surface area contributed by atoms with Gasteiger partial charge in [-0.2, -0.15) is 0 Å². The summed E-state index contributed by atoms with van der Waals surface area (Å²) in [6.07, 6.45) is 3.60. The zero-order chi connectivity index (χ0) is 6.69. The molecule has 1 aromatic heterocycles. The quantitative estimate of drug-likeness (QED) is 0.582. The van der Waals surface area contributed by atoms with Crippen LogP contribution in [0.3, 0.4) is 0 Å². The second-order valence-electron chi connectivity index (χ2n) is 1.80. The lowest BCUT2D eigenvalue weighted by Gasteiger charge is -1.96. The van der Waals surface area contributed by atoms with Gasteiger partial charge in [-0.1, -0.05) is 0 Å². The summed E-state index contributed by atoms with van der Waals surface area (Å²) in [6.45, 7) is 0.476. The van der Waals surface area contributed by atoms with Crippen LogP contribution >= 0.6 is 0 Å². The number of hydrogen-bond donors (Lipinski definition) is 0. The van der Waals surface area contributed by atoms with Crippen molar-refractivity contribution in [3.05, 3.63) is 25.3 Å². The molecule has 0 aliphatic rings. The normalized spacial score (nSPS) is 10.0. The summed E-state index contributed by atoms with van der Waals surface area (Å²) in [5.74, 6) is 0.894. The molecule has 0 amide bonds. The van der Waals surface area contributed by atoms with E-state index in [1.807, 2.05) is 17.8 Å². The van der Waals surface area contributed by atoms with E-state index in [9.17, 15) is 0 Å². The average Bonchev–Trinajstić information content (AvgIpc) is 2.18. The Morgan fingerprint density at radius 1 is 1.89 bits per heavy atom. The molecule has 0 bridgehead atoms. The third kappa shape index (κ3) is 1.29. The molecule has 1 aromatic rings. The SMILES string of the molecule is [CH2]OCc1nccn1C. The molecule has 0 unspecified atom stereocenters. The van der Waals surface area contributed by atoms with Crippen LogP contribution in [0.25, 0.3) is 0 Å². The number of hydrogen-bond acceptors (Lipinski definition) is 2. The van der Waals surface area contributed by atoms with Gasteiger partial charge in [-0.3, -0.25) is 0 Å². The molecule has 49 valence electrons. The minimum absolute atomic E-state index is 0.476. The van der Waals surface area contributed by atoms with Crippen molar-refractivity contribution in [3.8, 4) is 0 Å².